The number of aliphatic imine (C=N–C) groups is 1. The average molecular weight is 281 g/mol. The van der Waals surface area contributed by atoms with Crippen molar-refractivity contribution in [2.45, 2.75) is 26.7 Å². The molecular formula is C17H19N3O. The normalized spacial score (nSPS) is 16.8. The summed E-state index contributed by atoms with van der Waals surface area (Å²) >= 11 is 0. The summed E-state index contributed by atoms with van der Waals surface area (Å²) in [6, 6.07) is 8.07. The molecule has 2 heterocycles. The summed E-state index contributed by atoms with van der Waals surface area (Å²) in [7, 11) is 0. The number of hydrogen-bond acceptors (Lipinski definition) is 2. The van der Waals surface area contributed by atoms with E-state index in [4.69, 9.17) is 0 Å². The maximum atomic E-state index is 12.0. The highest BCUT2D eigenvalue weighted by atomic mass is 16.2. The first-order valence-electron chi connectivity index (χ1n) is 7.40. The third kappa shape index (κ3) is 2.61. The number of fused-ring (bicyclic) bond motifs is 1. The number of nitrogens with one attached hydrogen (secondary N) is 2. The third-order valence-corrected chi connectivity index (χ3v) is 3.97. The molecule has 0 spiro atoms. The number of carbonyl (C=O) groups is 1. The van der Waals surface area contributed by atoms with Crippen LogP contribution < -0.4 is 5.32 Å². The van der Waals surface area contributed by atoms with Gasteiger partial charge in [0.2, 0.25) is 0 Å². The molecule has 1 aliphatic heterocycles. The highest BCUT2D eigenvalue weighted by Gasteiger charge is 2.24. The van der Waals surface area contributed by atoms with E-state index in [1.54, 1.807) is 0 Å². The zero-order valence-corrected chi connectivity index (χ0v) is 12.3. The number of aromatic nitrogens is 1. The van der Waals surface area contributed by atoms with Gasteiger partial charge < -0.3 is 10.3 Å². The van der Waals surface area contributed by atoms with Crippen molar-refractivity contribution in [1.82, 2.24) is 10.3 Å². The summed E-state index contributed by atoms with van der Waals surface area (Å²) in [5, 5.41) is 4.03. The molecule has 0 saturated carbocycles. The van der Waals surface area contributed by atoms with Gasteiger partial charge in [-0.05, 0) is 48.1 Å². The number of H-pyrrole nitrogens is 1. The fraction of sp³-hybridized carbons (Fsp3) is 0.294. The second-order valence-electron chi connectivity index (χ2n) is 5.32. The second kappa shape index (κ2) is 5.56. The molecule has 2 N–H and O–H groups in total. The molecule has 0 fully saturated rings. The minimum atomic E-state index is -0.105. The van der Waals surface area contributed by atoms with Crippen molar-refractivity contribution in [1.29, 1.82) is 0 Å². The zero-order chi connectivity index (χ0) is 14.8. The summed E-state index contributed by atoms with van der Waals surface area (Å²) in [6.45, 7) is 4.23. The molecule has 1 aliphatic rings. The Hall–Kier alpha value is -2.36. The topological polar surface area (TPSA) is 57.2 Å². The number of hydrogen-bond donors (Lipinski definition) is 2. The highest BCUT2D eigenvalue weighted by Crippen LogP contribution is 2.20. The van der Waals surface area contributed by atoms with Gasteiger partial charge in [0.25, 0.3) is 5.91 Å². The van der Waals surface area contributed by atoms with Crippen LogP contribution >= 0.6 is 0 Å². The number of aromatic amines is 1. The fourth-order valence-electron chi connectivity index (χ4n) is 2.67. The van der Waals surface area contributed by atoms with Gasteiger partial charge in [0.05, 0.1) is 0 Å². The molecule has 4 heteroatoms. The smallest absolute Gasteiger partial charge is 0.275 e. The van der Waals surface area contributed by atoms with Crippen LogP contribution in [-0.2, 0) is 4.79 Å². The lowest BCUT2D eigenvalue weighted by molar-refractivity contribution is -0.115. The van der Waals surface area contributed by atoms with Gasteiger partial charge in [-0.2, -0.15) is 0 Å². The van der Waals surface area contributed by atoms with E-state index in [2.05, 4.69) is 35.2 Å². The van der Waals surface area contributed by atoms with Gasteiger partial charge in [-0.15, -0.1) is 0 Å². The first-order chi connectivity index (χ1) is 10.2. The number of rotatable bonds is 4. The molecule has 1 aromatic heterocycles. The molecule has 3 rings (SSSR count). The summed E-state index contributed by atoms with van der Waals surface area (Å²) in [5.74, 6) is 1.03. The molecule has 21 heavy (non-hydrogen) atoms. The van der Waals surface area contributed by atoms with Gasteiger partial charge in [0, 0.05) is 17.6 Å². The molecule has 0 saturated heterocycles. The Labute approximate surface area is 124 Å². The first kappa shape index (κ1) is 13.6. The minimum Gasteiger partial charge on any atom is -0.361 e. The van der Waals surface area contributed by atoms with E-state index in [9.17, 15) is 4.79 Å². The maximum absolute atomic E-state index is 12.0. The van der Waals surface area contributed by atoms with Crippen LogP contribution in [0.1, 0.15) is 32.3 Å². The molecule has 4 nitrogen and oxygen atoms in total. The highest BCUT2D eigenvalue weighted by molar-refractivity contribution is 6.15. The van der Waals surface area contributed by atoms with Gasteiger partial charge in [0.15, 0.2) is 0 Å². The SMILES string of the molecule is CCC(CC)C1=N/C(=C\c2ccc3[nH]ccc3c2)C(=O)N1. The van der Waals surface area contributed by atoms with E-state index in [0.29, 0.717) is 11.6 Å². The van der Waals surface area contributed by atoms with E-state index in [1.807, 2.05) is 30.5 Å². The van der Waals surface area contributed by atoms with Crippen LogP contribution in [-0.4, -0.2) is 16.7 Å². The van der Waals surface area contributed by atoms with Crippen molar-refractivity contribution >= 4 is 28.7 Å². The van der Waals surface area contributed by atoms with Crippen molar-refractivity contribution in [3.8, 4) is 0 Å². The largest absolute Gasteiger partial charge is 0.361 e. The molecule has 0 unspecified atom stereocenters. The lowest BCUT2D eigenvalue weighted by Crippen LogP contribution is -2.29. The standard InChI is InChI=1S/C17H19N3O/c1-3-12(4-2)16-19-15(17(21)20-16)10-11-5-6-14-13(9-11)7-8-18-14/h5-10,12,18H,3-4H2,1-2H3,(H,19,20,21)/b15-10-. The molecule has 0 bridgehead atoms. The van der Waals surface area contributed by atoms with Gasteiger partial charge >= 0.3 is 0 Å². The Morgan fingerprint density at radius 3 is 2.81 bits per heavy atom. The summed E-state index contributed by atoms with van der Waals surface area (Å²) in [5.41, 5.74) is 2.57. The Morgan fingerprint density at radius 1 is 1.24 bits per heavy atom. The maximum Gasteiger partial charge on any atom is 0.275 e. The molecular weight excluding hydrogens is 262 g/mol. The van der Waals surface area contributed by atoms with E-state index >= 15 is 0 Å². The number of benzene rings is 1. The van der Waals surface area contributed by atoms with E-state index in [1.165, 1.54) is 0 Å². The van der Waals surface area contributed by atoms with Crippen molar-refractivity contribution in [3.63, 3.8) is 0 Å². The molecule has 2 aromatic rings. The van der Waals surface area contributed by atoms with E-state index < -0.39 is 0 Å². The lowest BCUT2D eigenvalue weighted by atomic mass is 10.0. The van der Waals surface area contributed by atoms with Crippen LogP contribution in [0.4, 0.5) is 0 Å². The van der Waals surface area contributed by atoms with E-state index in [0.717, 1.165) is 35.1 Å². The van der Waals surface area contributed by atoms with Crippen LogP contribution in [0.2, 0.25) is 0 Å². The Kier molecular flexibility index (Phi) is 3.60. The number of amides is 1. The van der Waals surface area contributed by atoms with Gasteiger partial charge in [-0.25, -0.2) is 4.99 Å². The van der Waals surface area contributed by atoms with Crippen LogP contribution in [0.5, 0.6) is 0 Å². The van der Waals surface area contributed by atoms with Gasteiger partial charge in [0.1, 0.15) is 11.5 Å². The Balaban J connectivity index is 1.92. The van der Waals surface area contributed by atoms with Crippen LogP contribution in [0.15, 0.2) is 41.2 Å². The quantitative estimate of drug-likeness (QED) is 0.828. The summed E-state index contributed by atoms with van der Waals surface area (Å²) < 4.78 is 0. The molecule has 0 aliphatic carbocycles. The average Bonchev–Trinajstić information content (AvgIpc) is 3.07. The predicted molar refractivity (Wildman–Crippen MR) is 85.9 cm³/mol. The molecule has 1 amide bonds. The number of amidine groups is 1. The van der Waals surface area contributed by atoms with Crippen LogP contribution in [0, 0.1) is 5.92 Å². The molecule has 108 valence electrons. The van der Waals surface area contributed by atoms with Crippen molar-refractivity contribution in [3.05, 3.63) is 41.7 Å². The van der Waals surface area contributed by atoms with Crippen molar-refractivity contribution < 1.29 is 4.79 Å². The molecule has 0 radical (unpaired) electrons. The number of carbonyl (C=O) groups excluding carboxylic acids is 1. The first-order valence-corrected chi connectivity index (χ1v) is 7.40. The minimum absolute atomic E-state index is 0.105. The van der Waals surface area contributed by atoms with Gasteiger partial charge in [-0.3, -0.25) is 4.79 Å². The summed E-state index contributed by atoms with van der Waals surface area (Å²) in [4.78, 5) is 19.7. The second-order valence-corrected chi connectivity index (χ2v) is 5.32. The Bertz CT molecular complexity index is 735. The predicted octanol–water partition coefficient (Wildman–Crippen LogP) is 3.47. The summed E-state index contributed by atoms with van der Waals surface area (Å²) in [6.07, 6.45) is 5.72. The Morgan fingerprint density at radius 2 is 2.05 bits per heavy atom. The van der Waals surface area contributed by atoms with Crippen LogP contribution in [0.3, 0.4) is 0 Å². The molecule has 0 atom stereocenters. The lowest BCUT2D eigenvalue weighted by Gasteiger charge is -2.10. The molecule has 1 aromatic carbocycles. The fourth-order valence-corrected chi connectivity index (χ4v) is 2.67. The van der Waals surface area contributed by atoms with Gasteiger partial charge in [-0.1, -0.05) is 19.9 Å². The third-order valence-electron chi connectivity index (χ3n) is 3.97. The van der Waals surface area contributed by atoms with Crippen molar-refractivity contribution in [2.75, 3.05) is 0 Å². The number of nitrogens with zero attached hydrogens (tertiary/aromatic N) is 1. The monoisotopic (exact) mass is 281 g/mol. The van der Waals surface area contributed by atoms with Crippen LogP contribution in [0.25, 0.3) is 17.0 Å². The van der Waals surface area contributed by atoms with Crippen molar-refractivity contribution in [2.24, 2.45) is 10.9 Å². The van der Waals surface area contributed by atoms with E-state index in [-0.39, 0.29) is 5.91 Å². The zero-order valence-electron chi connectivity index (χ0n) is 12.3.